The predicted molar refractivity (Wildman–Crippen MR) is 61.4 cm³/mol. The lowest BCUT2D eigenvalue weighted by Crippen LogP contribution is -2.25. The lowest BCUT2D eigenvalue weighted by atomic mass is 9.90. The summed E-state index contributed by atoms with van der Waals surface area (Å²) in [5.74, 6) is -1.10. The van der Waals surface area contributed by atoms with E-state index >= 15 is 0 Å². The largest absolute Gasteiger partial charge is 0.416 e. The van der Waals surface area contributed by atoms with Gasteiger partial charge in [-0.15, -0.1) is 0 Å². The number of hydrogen-bond donors (Lipinski definition) is 1. The lowest BCUT2D eigenvalue weighted by Gasteiger charge is -2.19. The summed E-state index contributed by atoms with van der Waals surface area (Å²) in [5.41, 5.74) is -2.86. The van der Waals surface area contributed by atoms with Gasteiger partial charge in [0, 0.05) is 18.4 Å². The quantitative estimate of drug-likeness (QED) is 0.787. The Bertz CT molecular complexity index is 531. The summed E-state index contributed by atoms with van der Waals surface area (Å²) in [6, 6.07) is 0.924. The number of hydrogen-bond acceptors (Lipinski definition) is 1. The molecule has 8 heteroatoms. The fourth-order valence-electron chi connectivity index (χ4n) is 2.39. The van der Waals surface area contributed by atoms with Gasteiger partial charge in [-0.1, -0.05) is 0 Å². The molecule has 0 bridgehead atoms. The molecule has 1 aromatic carbocycles. The summed E-state index contributed by atoms with van der Waals surface area (Å²) < 4.78 is 76.5. The fraction of sp³-hybridized carbons (Fsp3) is 0.462. The van der Waals surface area contributed by atoms with E-state index in [1.54, 1.807) is 6.92 Å². The summed E-state index contributed by atoms with van der Waals surface area (Å²) in [7, 11) is 0. The van der Waals surface area contributed by atoms with Crippen LogP contribution >= 0.6 is 0 Å². The van der Waals surface area contributed by atoms with Gasteiger partial charge in [0.1, 0.15) is 0 Å². The number of halogens is 6. The Kier molecular flexibility index (Phi) is 3.67. The second-order valence-electron chi connectivity index (χ2n) is 5.01. The molecule has 0 aliphatic carbocycles. The Morgan fingerprint density at radius 3 is 1.81 bits per heavy atom. The molecule has 0 saturated carbocycles. The predicted octanol–water partition coefficient (Wildman–Crippen LogP) is 3.72. The molecule has 116 valence electrons. The molecule has 0 radical (unpaired) electrons. The first-order valence-electron chi connectivity index (χ1n) is 6.07. The van der Waals surface area contributed by atoms with E-state index in [0.29, 0.717) is 12.1 Å². The van der Waals surface area contributed by atoms with Crippen molar-refractivity contribution in [2.45, 2.75) is 37.7 Å². The molecule has 1 amide bonds. The summed E-state index contributed by atoms with van der Waals surface area (Å²) in [6.07, 6.45) is -9.88. The Morgan fingerprint density at radius 1 is 1.00 bits per heavy atom. The highest BCUT2D eigenvalue weighted by Crippen LogP contribution is 2.39. The third-order valence-corrected chi connectivity index (χ3v) is 3.44. The first-order chi connectivity index (χ1) is 9.48. The second-order valence-corrected chi connectivity index (χ2v) is 5.01. The molecule has 1 aromatic rings. The van der Waals surface area contributed by atoms with E-state index in [2.05, 4.69) is 5.32 Å². The van der Waals surface area contributed by atoms with Gasteiger partial charge in [0.2, 0.25) is 5.91 Å². The van der Waals surface area contributed by atoms with Crippen LogP contribution in [0.3, 0.4) is 0 Å². The number of nitrogens with one attached hydrogen (secondary N) is 1. The Morgan fingerprint density at radius 2 is 1.48 bits per heavy atom. The first kappa shape index (κ1) is 15.7. The minimum absolute atomic E-state index is 0.0817. The van der Waals surface area contributed by atoms with Crippen molar-refractivity contribution in [3.05, 3.63) is 34.9 Å². The van der Waals surface area contributed by atoms with Gasteiger partial charge < -0.3 is 5.32 Å². The average molecular weight is 311 g/mol. The molecule has 1 aliphatic rings. The number of alkyl halides is 6. The SMILES string of the molecule is CC1NC(=O)CC1c1cc(C(F)(F)F)cc(C(F)(F)F)c1. The maximum absolute atomic E-state index is 12.7. The van der Waals surface area contributed by atoms with Crippen LogP contribution in [0.2, 0.25) is 0 Å². The van der Waals surface area contributed by atoms with Crippen LogP contribution in [0, 0.1) is 0 Å². The fourth-order valence-corrected chi connectivity index (χ4v) is 2.39. The summed E-state index contributed by atoms with van der Waals surface area (Å²) in [6.45, 7) is 1.54. The molecular weight excluding hydrogens is 300 g/mol. The number of benzene rings is 1. The Hall–Kier alpha value is -1.73. The van der Waals surface area contributed by atoms with Gasteiger partial charge in [0.05, 0.1) is 11.1 Å². The maximum Gasteiger partial charge on any atom is 0.416 e. The van der Waals surface area contributed by atoms with Crippen LogP contribution in [-0.4, -0.2) is 11.9 Å². The van der Waals surface area contributed by atoms with E-state index in [-0.39, 0.29) is 18.1 Å². The van der Waals surface area contributed by atoms with Crippen LogP contribution in [0.25, 0.3) is 0 Å². The van der Waals surface area contributed by atoms with Crippen molar-refractivity contribution < 1.29 is 31.1 Å². The molecule has 2 atom stereocenters. The summed E-state index contributed by atoms with van der Waals surface area (Å²) in [4.78, 5) is 11.2. The monoisotopic (exact) mass is 311 g/mol. The lowest BCUT2D eigenvalue weighted by molar-refractivity contribution is -0.143. The molecule has 2 rings (SSSR count). The van der Waals surface area contributed by atoms with E-state index in [9.17, 15) is 31.1 Å². The topological polar surface area (TPSA) is 29.1 Å². The minimum atomic E-state index is -4.88. The molecule has 1 N–H and O–H groups in total. The zero-order valence-corrected chi connectivity index (χ0v) is 10.8. The number of carbonyl (C=O) groups excluding carboxylic acids is 1. The van der Waals surface area contributed by atoms with Crippen LogP contribution in [0.5, 0.6) is 0 Å². The second kappa shape index (κ2) is 4.92. The highest BCUT2D eigenvalue weighted by atomic mass is 19.4. The standard InChI is InChI=1S/C13H11F6NO/c1-6-10(5-11(21)20-6)7-2-8(12(14,15)16)4-9(3-7)13(17,18)19/h2-4,6,10H,5H2,1H3,(H,20,21). The van der Waals surface area contributed by atoms with Gasteiger partial charge in [0.25, 0.3) is 0 Å². The van der Waals surface area contributed by atoms with Gasteiger partial charge in [0.15, 0.2) is 0 Å². The average Bonchev–Trinajstić information content (AvgIpc) is 2.65. The van der Waals surface area contributed by atoms with Crippen molar-refractivity contribution in [3.63, 3.8) is 0 Å². The zero-order valence-electron chi connectivity index (χ0n) is 10.8. The van der Waals surface area contributed by atoms with Gasteiger partial charge in [-0.25, -0.2) is 0 Å². The van der Waals surface area contributed by atoms with Crippen LogP contribution < -0.4 is 5.32 Å². The van der Waals surface area contributed by atoms with E-state index in [4.69, 9.17) is 0 Å². The molecular formula is C13H11F6NO. The van der Waals surface area contributed by atoms with Crippen LogP contribution in [0.15, 0.2) is 18.2 Å². The minimum Gasteiger partial charge on any atom is -0.353 e. The van der Waals surface area contributed by atoms with Crippen molar-refractivity contribution in [2.75, 3.05) is 0 Å². The van der Waals surface area contributed by atoms with Crippen molar-refractivity contribution in [2.24, 2.45) is 0 Å². The summed E-state index contributed by atoms with van der Waals surface area (Å²) >= 11 is 0. The Balaban J connectivity index is 2.53. The third-order valence-electron chi connectivity index (χ3n) is 3.44. The van der Waals surface area contributed by atoms with Gasteiger partial charge in [-0.2, -0.15) is 26.3 Å². The highest BCUT2D eigenvalue weighted by Gasteiger charge is 2.39. The van der Waals surface area contributed by atoms with Gasteiger partial charge >= 0.3 is 12.4 Å². The number of amides is 1. The van der Waals surface area contributed by atoms with Crippen LogP contribution in [0.1, 0.15) is 36.0 Å². The van der Waals surface area contributed by atoms with E-state index in [0.717, 1.165) is 0 Å². The molecule has 2 unspecified atom stereocenters. The van der Waals surface area contributed by atoms with E-state index in [1.165, 1.54) is 0 Å². The van der Waals surface area contributed by atoms with E-state index in [1.807, 2.05) is 0 Å². The van der Waals surface area contributed by atoms with Gasteiger partial charge in [-0.3, -0.25) is 4.79 Å². The molecule has 21 heavy (non-hydrogen) atoms. The smallest absolute Gasteiger partial charge is 0.353 e. The summed E-state index contributed by atoms with van der Waals surface area (Å²) in [5, 5.41) is 2.48. The van der Waals surface area contributed by atoms with Crippen LogP contribution in [-0.2, 0) is 17.1 Å². The maximum atomic E-state index is 12.7. The normalized spacial score (nSPS) is 23.3. The highest BCUT2D eigenvalue weighted by molar-refractivity contribution is 5.80. The molecule has 1 fully saturated rings. The van der Waals surface area contributed by atoms with Crippen molar-refractivity contribution in [3.8, 4) is 0 Å². The first-order valence-corrected chi connectivity index (χ1v) is 6.07. The number of carbonyl (C=O) groups is 1. The van der Waals surface area contributed by atoms with Crippen LogP contribution in [0.4, 0.5) is 26.3 Å². The van der Waals surface area contributed by atoms with Crippen molar-refractivity contribution in [1.82, 2.24) is 5.32 Å². The molecule has 1 aliphatic heterocycles. The molecule has 1 heterocycles. The van der Waals surface area contributed by atoms with E-state index < -0.39 is 41.3 Å². The molecule has 0 aromatic heterocycles. The third kappa shape index (κ3) is 3.30. The molecule has 1 saturated heterocycles. The number of rotatable bonds is 1. The van der Waals surface area contributed by atoms with Crippen molar-refractivity contribution in [1.29, 1.82) is 0 Å². The van der Waals surface area contributed by atoms with Crippen molar-refractivity contribution >= 4 is 5.91 Å². The Labute approximate surface area is 116 Å². The van der Waals surface area contributed by atoms with Gasteiger partial charge in [-0.05, 0) is 30.7 Å². The molecule has 2 nitrogen and oxygen atoms in total. The molecule has 0 spiro atoms. The zero-order chi connectivity index (χ0) is 16.0.